The minimum atomic E-state index is 1.13. The summed E-state index contributed by atoms with van der Waals surface area (Å²) in [5.74, 6) is 0. The minimum absolute atomic E-state index is 1.13. The van der Waals surface area contributed by atoms with Gasteiger partial charge in [0.05, 0.1) is 0 Å². The van der Waals surface area contributed by atoms with Gasteiger partial charge in [0.2, 0.25) is 0 Å². The zero-order chi connectivity index (χ0) is 16.8. The van der Waals surface area contributed by atoms with Crippen molar-refractivity contribution in [2.75, 3.05) is 6.54 Å². The van der Waals surface area contributed by atoms with E-state index in [4.69, 9.17) is 0 Å². The van der Waals surface area contributed by atoms with Gasteiger partial charge in [-0.2, -0.15) is 4.41 Å². The molecule has 5 heteroatoms. The van der Waals surface area contributed by atoms with Gasteiger partial charge in [-0.15, -0.1) is 11.7 Å². The molecule has 0 amide bonds. The second-order valence-electron chi connectivity index (χ2n) is 6.43. The number of unbranched alkanes of at least 4 members (excludes halogenated alkanes) is 10. The lowest BCUT2D eigenvalue weighted by Gasteiger charge is -2.15. The van der Waals surface area contributed by atoms with Crippen LogP contribution in [0.25, 0.3) is 0 Å². The molecule has 0 bridgehead atoms. The predicted octanol–water partition coefficient (Wildman–Crippen LogP) is 7.31. The van der Waals surface area contributed by atoms with Crippen LogP contribution in [0.5, 0.6) is 0 Å². The molecule has 0 aliphatic carbocycles. The Hall–Kier alpha value is 0.550. The van der Waals surface area contributed by atoms with Gasteiger partial charge in [0.1, 0.15) is 5.03 Å². The van der Waals surface area contributed by atoms with Crippen molar-refractivity contribution in [2.45, 2.75) is 97.3 Å². The lowest BCUT2D eigenvalue weighted by molar-refractivity contribution is 0.397. The van der Waals surface area contributed by atoms with E-state index in [1.807, 2.05) is 11.9 Å². The van der Waals surface area contributed by atoms with Crippen LogP contribution in [-0.4, -0.2) is 11.0 Å². The van der Waals surface area contributed by atoms with Crippen LogP contribution in [-0.2, 0) is 0 Å². The van der Waals surface area contributed by atoms with E-state index in [0.717, 1.165) is 6.54 Å². The average molecular weight is 377 g/mol. The summed E-state index contributed by atoms with van der Waals surface area (Å²) in [6.07, 6.45) is 17.6. The molecule has 0 saturated heterocycles. The Morgan fingerprint density at radius 3 is 2.04 bits per heavy atom. The second-order valence-corrected chi connectivity index (χ2v) is 8.69. The maximum absolute atomic E-state index is 4.41. The minimum Gasteiger partial charge on any atom is -0.302 e. The molecule has 1 aliphatic heterocycles. The predicted molar refractivity (Wildman–Crippen MR) is 112 cm³/mol. The Balaban J connectivity index is 2.11. The summed E-state index contributed by atoms with van der Waals surface area (Å²) in [5, 5.41) is 1.26. The smallest absolute Gasteiger partial charge is 0.105 e. The number of hydrogen-bond acceptors (Lipinski definition) is 5. The molecule has 136 valence electrons. The van der Waals surface area contributed by atoms with E-state index in [-0.39, 0.29) is 0 Å². The van der Waals surface area contributed by atoms with Crippen molar-refractivity contribution in [3.05, 3.63) is 9.93 Å². The van der Waals surface area contributed by atoms with Gasteiger partial charge >= 0.3 is 0 Å². The lowest BCUT2D eigenvalue weighted by atomic mass is 10.1. The number of hydrazine groups is 1. The molecule has 0 aromatic carbocycles. The first kappa shape index (κ1) is 21.6. The number of allylic oxidation sites excluding steroid dienone is 1. The summed E-state index contributed by atoms with van der Waals surface area (Å²) in [5.41, 5.74) is 3.52. The van der Waals surface area contributed by atoms with Gasteiger partial charge in [-0.25, -0.2) is 0 Å². The molecule has 0 radical (unpaired) electrons. The molecule has 0 aromatic heterocycles. The molecule has 2 nitrogen and oxygen atoms in total. The van der Waals surface area contributed by atoms with Gasteiger partial charge < -0.3 is 5.43 Å². The van der Waals surface area contributed by atoms with Gasteiger partial charge in [-0.3, -0.25) is 0 Å². The van der Waals surface area contributed by atoms with Gasteiger partial charge in [-0.1, -0.05) is 78.1 Å². The van der Waals surface area contributed by atoms with E-state index in [9.17, 15) is 0 Å². The first-order valence-electron chi connectivity index (χ1n) is 9.58. The zero-order valence-electron chi connectivity index (χ0n) is 15.1. The van der Waals surface area contributed by atoms with Crippen LogP contribution >= 0.6 is 34.4 Å². The molecule has 1 N–H and O–H groups in total. The van der Waals surface area contributed by atoms with Crippen LogP contribution < -0.4 is 5.43 Å². The summed E-state index contributed by atoms with van der Waals surface area (Å²) in [4.78, 5) is 1.49. The fraction of sp³-hybridized carbons (Fsp3) is 0.889. The first-order valence-corrected chi connectivity index (χ1v) is 12.2. The zero-order valence-corrected chi connectivity index (χ0v) is 17.6. The maximum Gasteiger partial charge on any atom is 0.105 e. The molecule has 1 rings (SSSR count). The Morgan fingerprint density at radius 2 is 1.43 bits per heavy atom. The van der Waals surface area contributed by atoms with Crippen LogP contribution in [0.1, 0.15) is 97.3 Å². The number of nitrogens with zero attached hydrogens (tertiary/aromatic N) is 1. The Labute approximate surface area is 157 Å². The summed E-state index contributed by atoms with van der Waals surface area (Å²) < 4.78 is 2.31. The summed E-state index contributed by atoms with van der Waals surface area (Å²) in [7, 11) is 1.57. The van der Waals surface area contributed by atoms with Crippen molar-refractivity contribution in [3.8, 4) is 0 Å². The Kier molecular flexibility index (Phi) is 13.9. The lowest BCUT2D eigenvalue weighted by Crippen LogP contribution is -2.26. The van der Waals surface area contributed by atoms with E-state index in [0.29, 0.717) is 0 Å². The van der Waals surface area contributed by atoms with Gasteiger partial charge in [0.25, 0.3) is 0 Å². The number of nitrogens with one attached hydrogen (secondary N) is 1. The third kappa shape index (κ3) is 10.2. The molecule has 1 aliphatic rings. The third-order valence-electron chi connectivity index (χ3n) is 4.26. The fourth-order valence-corrected chi connectivity index (χ4v) is 5.08. The summed E-state index contributed by atoms with van der Waals surface area (Å²) in [6, 6.07) is 0. The van der Waals surface area contributed by atoms with Gasteiger partial charge in [0, 0.05) is 11.4 Å². The van der Waals surface area contributed by atoms with Crippen molar-refractivity contribution in [3.63, 3.8) is 0 Å². The van der Waals surface area contributed by atoms with Crippen LogP contribution in [0.4, 0.5) is 0 Å². The molecule has 0 fully saturated rings. The topological polar surface area (TPSA) is 15.3 Å². The molecular weight excluding hydrogens is 340 g/mol. The van der Waals surface area contributed by atoms with E-state index in [2.05, 4.69) is 35.3 Å². The van der Waals surface area contributed by atoms with Gasteiger partial charge in [-0.05, 0) is 42.0 Å². The molecule has 0 spiro atoms. The highest BCUT2D eigenvalue weighted by atomic mass is 33.1. The van der Waals surface area contributed by atoms with Crippen LogP contribution in [0.2, 0.25) is 0 Å². The summed E-state index contributed by atoms with van der Waals surface area (Å²) >= 11 is 6.32. The molecule has 1 heterocycles. The number of rotatable bonds is 15. The second kappa shape index (κ2) is 14.9. The monoisotopic (exact) mass is 376 g/mol. The first-order chi connectivity index (χ1) is 11.3. The molecule has 0 saturated carbocycles. The SMILES string of the molecule is CCCCCCCCC1=C(SS)NN(CCCCCCCC)S1. The molecule has 0 atom stereocenters. The number of thiol groups is 1. The third-order valence-corrected chi connectivity index (χ3v) is 6.58. The molecular formula is C18H36N2S3. The molecule has 23 heavy (non-hydrogen) atoms. The Bertz CT molecular complexity index is 321. The van der Waals surface area contributed by atoms with Crippen molar-refractivity contribution >= 4 is 34.4 Å². The standard InChI is InChI=1S/C18H36N2S3/c1-3-5-7-9-11-13-15-17-18(23-21)19-20(22-17)16-14-12-10-8-6-4-2/h19,21H,3-16H2,1-2H3. The average Bonchev–Trinajstić information content (AvgIpc) is 2.96. The van der Waals surface area contributed by atoms with Crippen molar-refractivity contribution in [1.29, 1.82) is 0 Å². The van der Waals surface area contributed by atoms with Crippen molar-refractivity contribution in [1.82, 2.24) is 9.84 Å². The Morgan fingerprint density at radius 1 is 0.870 bits per heavy atom. The van der Waals surface area contributed by atoms with E-state index < -0.39 is 0 Å². The molecule has 0 unspecified atom stereocenters. The largest absolute Gasteiger partial charge is 0.302 e. The quantitative estimate of drug-likeness (QED) is 0.135. The summed E-state index contributed by atoms with van der Waals surface area (Å²) in [6.45, 7) is 5.69. The highest BCUT2D eigenvalue weighted by molar-refractivity contribution is 8.70. The highest BCUT2D eigenvalue weighted by Gasteiger charge is 2.21. The van der Waals surface area contributed by atoms with Crippen LogP contribution in [0.15, 0.2) is 9.93 Å². The number of hydrogen-bond donors (Lipinski definition) is 2. The maximum atomic E-state index is 4.41. The van der Waals surface area contributed by atoms with E-state index >= 15 is 0 Å². The van der Waals surface area contributed by atoms with E-state index in [1.54, 1.807) is 10.8 Å². The van der Waals surface area contributed by atoms with Crippen LogP contribution in [0, 0.1) is 0 Å². The van der Waals surface area contributed by atoms with Crippen LogP contribution in [0.3, 0.4) is 0 Å². The normalized spacial score (nSPS) is 15.4. The van der Waals surface area contributed by atoms with E-state index in [1.165, 1.54) is 93.4 Å². The van der Waals surface area contributed by atoms with Crippen molar-refractivity contribution in [2.24, 2.45) is 0 Å². The van der Waals surface area contributed by atoms with Crippen molar-refractivity contribution < 1.29 is 0 Å². The molecule has 0 aromatic rings. The van der Waals surface area contributed by atoms with Gasteiger partial charge in [0.15, 0.2) is 0 Å². The fourth-order valence-electron chi connectivity index (χ4n) is 2.81. The highest BCUT2D eigenvalue weighted by Crippen LogP contribution is 2.39.